The molecule has 5 nitrogen and oxygen atoms in total. The van der Waals surface area contributed by atoms with E-state index in [9.17, 15) is 8.42 Å². The molecule has 0 amide bonds. The van der Waals surface area contributed by atoms with Crippen molar-refractivity contribution in [3.63, 3.8) is 0 Å². The van der Waals surface area contributed by atoms with Crippen LogP contribution >= 0.6 is 0 Å². The van der Waals surface area contributed by atoms with Gasteiger partial charge in [-0.1, -0.05) is 0 Å². The number of nitrogens with one attached hydrogen (secondary N) is 1. The lowest BCUT2D eigenvalue weighted by Crippen LogP contribution is -2.39. The van der Waals surface area contributed by atoms with Crippen LogP contribution in [0.15, 0.2) is 0 Å². The standard InChI is InChI=1S/C6H14N2O3S/c7-12(9,10)4-1-6-5-8-2-3-11-6/h6,8H,1-5H2,(H2,7,9,10). The Balaban J connectivity index is 2.22. The summed E-state index contributed by atoms with van der Waals surface area (Å²) in [6, 6.07) is 0. The van der Waals surface area contributed by atoms with Gasteiger partial charge in [0.15, 0.2) is 0 Å². The van der Waals surface area contributed by atoms with Gasteiger partial charge >= 0.3 is 0 Å². The van der Waals surface area contributed by atoms with Gasteiger partial charge in [0.25, 0.3) is 0 Å². The molecule has 3 N–H and O–H groups in total. The summed E-state index contributed by atoms with van der Waals surface area (Å²) in [7, 11) is -3.33. The number of hydrogen-bond acceptors (Lipinski definition) is 4. The zero-order valence-electron chi connectivity index (χ0n) is 6.82. The minimum atomic E-state index is -3.33. The third kappa shape index (κ3) is 4.01. The molecule has 1 rings (SSSR count). The third-order valence-electron chi connectivity index (χ3n) is 1.73. The molecule has 72 valence electrons. The van der Waals surface area contributed by atoms with Crippen molar-refractivity contribution in [2.24, 2.45) is 5.14 Å². The van der Waals surface area contributed by atoms with E-state index < -0.39 is 10.0 Å². The van der Waals surface area contributed by atoms with Crippen LogP contribution in [0.1, 0.15) is 6.42 Å². The highest BCUT2D eigenvalue weighted by atomic mass is 32.2. The fourth-order valence-corrected chi connectivity index (χ4v) is 1.69. The summed E-state index contributed by atoms with van der Waals surface area (Å²) >= 11 is 0. The Hall–Kier alpha value is -0.170. The van der Waals surface area contributed by atoms with Crippen molar-refractivity contribution >= 4 is 10.0 Å². The number of ether oxygens (including phenoxy) is 1. The summed E-state index contributed by atoms with van der Waals surface area (Å²) in [5.74, 6) is -0.000648. The van der Waals surface area contributed by atoms with Gasteiger partial charge in [-0.25, -0.2) is 13.6 Å². The fourth-order valence-electron chi connectivity index (χ4n) is 1.10. The number of morpholine rings is 1. The Bertz CT molecular complexity index is 221. The lowest BCUT2D eigenvalue weighted by Gasteiger charge is -2.22. The van der Waals surface area contributed by atoms with Crippen LogP contribution in [0.25, 0.3) is 0 Å². The molecule has 1 unspecified atom stereocenters. The van der Waals surface area contributed by atoms with Crippen LogP contribution in [-0.2, 0) is 14.8 Å². The Morgan fingerprint density at radius 2 is 2.33 bits per heavy atom. The molecule has 0 aromatic carbocycles. The summed E-state index contributed by atoms with van der Waals surface area (Å²) in [4.78, 5) is 0. The van der Waals surface area contributed by atoms with Crippen LogP contribution < -0.4 is 10.5 Å². The maximum absolute atomic E-state index is 10.6. The van der Waals surface area contributed by atoms with Crippen molar-refractivity contribution in [3.05, 3.63) is 0 Å². The molecule has 0 aromatic rings. The van der Waals surface area contributed by atoms with E-state index >= 15 is 0 Å². The van der Waals surface area contributed by atoms with Crippen LogP contribution in [0.3, 0.4) is 0 Å². The van der Waals surface area contributed by atoms with Crippen molar-refractivity contribution in [3.8, 4) is 0 Å². The van der Waals surface area contributed by atoms with Crippen molar-refractivity contribution in [2.45, 2.75) is 12.5 Å². The second-order valence-corrected chi connectivity index (χ2v) is 4.59. The van der Waals surface area contributed by atoms with Crippen molar-refractivity contribution in [1.82, 2.24) is 5.32 Å². The minimum Gasteiger partial charge on any atom is -0.376 e. The molecule has 1 heterocycles. The van der Waals surface area contributed by atoms with Gasteiger partial charge in [-0.05, 0) is 6.42 Å². The largest absolute Gasteiger partial charge is 0.376 e. The maximum atomic E-state index is 10.6. The SMILES string of the molecule is NS(=O)(=O)CCC1CNCCO1. The first-order chi connectivity index (χ1) is 5.58. The molecule has 0 aromatic heterocycles. The molecule has 1 aliphatic rings. The molecule has 0 spiro atoms. The molecule has 0 saturated carbocycles. The third-order valence-corrected chi connectivity index (χ3v) is 2.53. The Labute approximate surface area is 72.3 Å². The summed E-state index contributed by atoms with van der Waals surface area (Å²) in [5.41, 5.74) is 0. The van der Waals surface area contributed by atoms with Gasteiger partial charge in [0, 0.05) is 13.1 Å². The Morgan fingerprint density at radius 3 is 2.83 bits per heavy atom. The molecule has 0 aliphatic carbocycles. The molecule has 1 atom stereocenters. The first kappa shape index (κ1) is 9.91. The molecule has 12 heavy (non-hydrogen) atoms. The minimum absolute atomic E-state index is 0.000648. The van der Waals surface area contributed by atoms with E-state index in [0.717, 1.165) is 13.1 Å². The second-order valence-electron chi connectivity index (χ2n) is 2.85. The number of primary sulfonamides is 1. The Morgan fingerprint density at radius 1 is 1.58 bits per heavy atom. The lowest BCUT2D eigenvalue weighted by atomic mass is 10.2. The first-order valence-electron chi connectivity index (χ1n) is 3.91. The summed E-state index contributed by atoms with van der Waals surface area (Å²) in [6.07, 6.45) is 0.475. The zero-order valence-corrected chi connectivity index (χ0v) is 7.64. The van der Waals surface area contributed by atoms with Crippen molar-refractivity contribution in [1.29, 1.82) is 0 Å². The highest BCUT2D eigenvalue weighted by Gasteiger charge is 2.15. The molecule has 1 aliphatic heterocycles. The van der Waals surface area contributed by atoms with Gasteiger partial charge in [-0.3, -0.25) is 0 Å². The van der Waals surface area contributed by atoms with Crippen LogP contribution in [-0.4, -0.2) is 40.0 Å². The molecule has 1 saturated heterocycles. The van der Waals surface area contributed by atoms with E-state index in [1.54, 1.807) is 0 Å². The summed E-state index contributed by atoms with van der Waals surface area (Å²) in [5, 5.41) is 7.96. The van der Waals surface area contributed by atoms with Crippen LogP contribution in [0.5, 0.6) is 0 Å². The summed E-state index contributed by atoms with van der Waals surface area (Å²) in [6.45, 7) is 2.21. The molecular weight excluding hydrogens is 180 g/mol. The van der Waals surface area contributed by atoms with Gasteiger partial charge in [0.1, 0.15) is 0 Å². The predicted molar refractivity (Wildman–Crippen MR) is 45.2 cm³/mol. The number of rotatable bonds is 3. The lowest BCUT2D eigenvalue weighted by molar-refractivity contribution is 0.0271. The van der Waals surface area contributed by atoms with Gasteiger partial charge in [0.05, 0.1) is 18.5 Å². The highest BCUT2D eigenvalue weighted by molar-refractivity contribution is 7.89. The quantitative estimate of drug-likeness (QED) is 0.582. The van der Waals surface area contributed by atoms with Crippen LogP contribution in [0.2, 0.25) is 0 Å². The molecule has 6 heteroatoms. The van der Waals surface area contributed by atoms with Crippen molar-refractivity contribution < 1.29 is 13.2 Å². The maximum Gasteiger partial charge on any atom is 0.209 e. The number of hydrogen-bond donors (Lipinski definition) is 2. The van der Waals surface area contributed by atoms with Gasteiger partial charge in [-0.2, -0.15) is 0 Å². The van der Waals surface area contributed by atoms with E-state index in [1.165, 1.54) is 0 Å². The van der Waals surface area contributed by atoms with Crippen LogP contribution in [0.4, 0.5) is 0 Å². The van der Waals surface area contributed by atoms with Crippen molar-refractivity contribution in [2.75, 3.05) is 25.4 Å². The molecule has 0 radical (unpaired) electrons. The highest BCUT2D eigenvalue weighted by Crippen LogP contribution is 2.01. The van der Waals surface area contributed by atoms with E-state index in [-0.39, 0.29) is 11.9 Å². The molecule has 1 fully saturated rings. The topological polar surface area (TPSA) is 81.4 Å². The van der Waals surface area contributed by atoms with Gasteiger partial charge < -0.3 is 10.1 Å². The number of nitrogens with two attached hydrogens (primary N) is 1. The van der Waals surface area contributed by atoms with Gasteiger partial charge in [-0.15, -0.1) is 0 Å². The predicted octanol–water partition coefficient (Wildman–Crippen LogP) is -1.35. The van der Waals surface area contributed by atoms with E-state index in [1.807, 2.05) is 0 Å². The Kier molecular flexibility index (Phi) is 3.45. The van der Waals surface area contributed by atoms with E-state index in [0.29, 0.717) is 13.0 Å². The normalized spacial score (nSPS) is 25.6. The smallest absolute Gasteiger partial charge is 0.209 e. The van der Waals surface area contributed by atoms with E-state index in [2.05, 4.69) is 5.32 Å². The molecular formula is C6H14N2O3S. The summed E-state index contributed by atoms with van der Waals surface area (Å²) < 4.78 is 26.4. The first-order valence-corrected chi connectivity index (χ1v) is 5.62. The fraction of sp³-hybridized carbons (Fsp3) is 1.00. The monoisotopic (exact) mass is 194 g/mol. The average molecular weight is 194 g/mol. The number of sulfonamides is 1. The second kappa shape index (κ2) is 4.18. The van der Waals surface area contributed by atoms with Crippen LogP contribution in [0, 0.1) is 0 Å². The average Bonchev–Trinajstić information content (AvgIpc) is 2.02. The van der Waals surface area contributed by atoms with E-state index in [4.69, 9.17) is 9.88 Å². The zero-order chi connectivity index (χ0) is 9.03. The van der Waals surface area contributed by atoms with Gasteiger partial charge in [0.2, 0.25) is 10.0 Å². The molecule has 0 bridgehead atoms.